The minimum absolute atomic E-state index is 0.121. The topological polar surface area (TPSA) is 38.7 Å². The van der Waals surface area contributed by atoms with Crippen LogP contribution in [0.5, 0.6) is 11.5 Å². The minimum atomic E-state index is -0.121. The van der Waals surface area contributed by atoms with E-state index < -0.39 is 0 Å². The van der Waals surface area contributed by atoms with Gasteiger partial charge >= 0.3 is 0 Å². The second-order valence-electron chi connectivity index (χ2n) is 3.29. The summed E-state index contributed by atoms with van der Waals surface area (Å²) in [5, 5.41) is 9.03. The Morgan fingerprint density at radius 1 is 1.27 bits per heavy atom. The largest absolute Gasteiger partial charge is 0.508 e. The maximum atomic E-state index is 9.03. The highest BCUT2D eigenvalue weighted by Gasteiger charge is 2.29. The highest BCUT2D eigenvalue weighted by Crippen LogP contribution is 2.24. The van der Waals surface area contributed by atoms with Gasteiger partial charge < -0.3 is 14.6 Å². The van der Waals surface area contributed by atoms with Crippen LogP contribution in [0.25, 0.3) is 0 Å². The number of rotatable bonds is 2. The van der Waals surface area contributed by atoms with Crippen LogP contribution in [0.15, 0.2) is 24.3 Å². The molecule has 2 rings (SSSR count). The second-order valence-corrected chi connectivity index (χ2v) is 3.29. The van der Waals surface area contributed by atoms with Crippen molar-refractivity contribution in [3.05, 3.63) is 24.3 Å². The predicted molar refractivity (Wildman–Crippen MR) is 59.0 cm³/mol. The molecule has 1 aromatic carbocycles. The standard InChI is InChI=1S/C10H12O3.C2H6/c1-7-6-12-10(7)13-9-4-2-8(11)3-5-9;1-2/h2-5,7,10-11H,6H2,1H3;1-2H3. The molecule has 0 saturated carbocycles. The van der Waals surface area contributed by atoms with Gasteiger partial charge in [0, 0.05) is 5.92 Å². The molecule has 0 aromatic heterocycles. The quantitative estimate of drug-likeness (QED) is 0.815. The number of phenolic OH excluding ortho intramolecular Hbond substituents is 1. The highest BCUT2D eigenvalue weighted by molar-refractivity contribution is 5.30. The summed E-state index contributed by atoms with van der Waals surface area (Å²) in [5.74, 6) is 1.43. The van der Waals surface area contributed by atoms with Gasteiger partial charge in [-0.1, -0.05) is 20.8 Å². The summed E-state index contributed by atoms with van der Waals surface area (Å²) in [6.45, 7) is 6.84. The Bertz CT molecular complexity index is 281. The molecule has 1 fully saturated rings. The molecule has 15 heavy (non-hydrogen) atoms. The van der Waals surface area contributed by atoms with Crippen molar-refractivity contribution in [2.75, 3.05) is 6.61 Å². The summed E-state index contributed by atoms with van der Waals surface area (Å²) in [4.78, 5) is 0. The third kappa shape index (κ3) is 3.13. The summed E-state index contributed by atoms with van der Waals surface area (Å²) in [5.41, 5.74) is 0. The number of benzene rings is 1. The zero-order chi connectivity index (χ0) is 11.3. The zero-order valence-corrected chi connectivity index (χ0v) is 9.43. The lowest BCUT2D eigenvalue weighted by Gasteiger charge is -2.33. The fourth-order valence-corrected chi connectivity index (χ4v) is 1.18. The molecule has 1 heterocycles. The molecule has 0 bridgehead atoms. The molecule has 0 amide bonds. The molecule has 1 aromatic rings. The molecule has 2 unspecified atom stereocenters. The SMILES string of the molecule is CC.CC1COC1Oc1ccc(O)cc1. The first kappa shape index (κ1) is 11.9. The lowest BCUT2D eigenvalue weighted by atomic mass is 10.1. The van der Waals surface area contributed by atoms with Crippen LogP contribution >= 0.6 is 0 Å². The Balaban J connectivity index is 0.000000531. The molecular formula is C12H18O3. The third-order valence-electron chi connectivity index (χ3n) is 2.08. The van der Waals surface area contributed by atoms with Crippen LogP contribution in [0.3, 0.4) is 0 Å². The van der Waals surface area contributed by atoms with Gasteiger partial charge in [0.15, 0.2) is 0 Å². The van der Waals surface area contributed by atoms with Crippen LogP contribution in [0, 0.1) is 5.92 Å². The number of hydrogen-bond donors (Lipinski definition) is 1. The van der Waals surface area contributed by atoms with Gasteiger partial charge in [-0.2, -0.15) is 0 Å². The molecule has 0 aliphatic carbocycles. The van der Waals surface area contributed by atoms with Crippen molar-refractivity contribution in [1.29, 1.82) is 0 Å². The monoisotopic (exact) mass is 210 g/mol. The van der Waals surface area contributed by atoms with E-state index in [1.54, 1.807) is 24.3 Å². The van der Waals surface area contributed by atoms with Gasteiger partial charge in [-0.25, -0.2) is 0 Å². The lowest BCUT2D eigenvalue weighted by molar-refractivity contribution is -0.209. The van der Waals surface area contributed by atoms with Crippen LogP contribution in [0.4, 0.5) is 0 Å². The average Bonchev–Trinajstić information content (AvgIpc) is 2.29. The first-order valence-corrected chi connectivity index (χ1v) is 5.33. The van der Waals surface area contributed by atoms with Crippen LogP contribution in [0.2, 0.25) is 0 Å². The molecule has 2 atom stereocenters. The molecule has 1 aliphatic rings. The Morgan fingerprint density at radius 2 is 1.87 bits per heavy atom. The van der Waals surface area contributed by atoms with E-state index in [0.717, 1.165) is 12.4 Å². The maximum absolute atomic E-state index is 9.03. The average molecular weight is 210 g/mol. The van der Waals surface area contributed by atoms with Gasteiger partial charge in [-0.15, -0.1) is 0 Å². The Hall–Kier alpha value is -1.22. The van der Waals surface area contributed by atoms with E-state index in [9.17, 15) is 0 Å². The Kier molecular flexibility index (Phi) is 4.43. The first-order chi connectivity index (χ1) is 7.25. The zero-order valence-electron chi connectivity index (χ0n) is 9.43. The van der Waals surface area contributed by atoms with Gasteiger partial charge in [-0.05, 0) is 24.3 Å². The number of hydrogen-bond acceptors (Lipinski definition) is 3. The number of aromatic hydroxyl groups is 1. The summed E-state index contributed by atoms with van der Waals surface area (Å²) in [6, 6.07) is 6.64. The van der Waals surface area contributed by atoms with Crippen molar-refractivity contribution in [3.8, 4) is 11.5 Å². The van der Waals surface area contributed by atoms with Crippen molar-refractivity contribution >= 4 is 0 Å². The summed E-state index contributed by atoms with van der Waals surface area (Å²) < 4.78 is 10.7. The lowest BCUT2D eigenvalue weighted by Crippen LogP contribution is -2.41. The molecule has 1 N–H and O–H groups in total. The minimum Gasteiger partial charge on any atom is -0.508 e. The molecule has 3 heteroatoms. The van der Waals surface area contributed by atoms with Gasteiger partial charge in [0.05, 0.1) is 6.61 Å². The highest BCUT2D eigenvalue weighted by atomic mass is 16.7. The fraction of sp³-hybridized carbons (Fsp3) is 0.500. The molecule has 0 radical (unpaired) electrons. The van der Waals surface area contributed by atoms with Gasteiger partial charge in [0.2, 0.25) is 6.29 Å². The predicted octanol–water partition coefficient (Wildman–Crippen LogP) is 2.79. The van der Waals surface area contributed by atoms with Crippen LogP contribution in [0.1, 0.15) is 20.8 Å². The van der Waals surface area contributed by atoms with E-state index in [2.05, 4.69) is 6.92 Å². The summed E-state index contributed by atoms with van der Waals surface area (Å²) in [7, 11) is 0. The summed E-state index contributed by atoms with van der Waals surface area (Å²) in [6.07, 6.45) is -0.121. The fourth-order valence-electron chi connectivity index (χ4n) is 1.18. The molecule has 1 saturated heterocycles. The van der Waals surface area contributed by atoms with E-state index in [1.807, 2.05) is 13.8 Å². The number of ether oxygens (including phenoxy) is 2. The van der Waals surface area contributed by atoms with E-state index in [0.29, 0.717) is 5.92 Å². The summed E-state index contributed by atoms with van der Waals surface area (Å²) >= 11 is 0. The van der Waals surface area contributed by atoms with Crippen LogP contribution in [-0.2, 0) is 4.74 Å². The van der Waals surface area contributed by atoms with Crippen molar-refractivity contribution in [1.82, 2.24) is 0 Å². The maximum Gasteiger partial charge on any atom is 0.204 e. The molecule has 84 valence electrons. The smallest absolute Gasteiger partial charge is 0.204 e. The van der Waals surface area contributed by atoms with E-state index in [-0.39, 0.29) is 12.0 Å². The van der Waals surface area contributed by atoms with Crippen molar-refractivity contribution in [2.45, 2.75) is 27.1 Å². The van der Waals surface area contributed by atoms with E-state index >= 15 is 0 Å². The number of phenols is 1. The molecular weight excluding hydrogens is 192 g/mol. The van der Waals surface area contributed by atoms with Crippen LogP contribution in [-0.4, -0.2) is 18.0 Å². The van der Waals surface area contributed by atoms with Crippen LogP contribution < -0.4 is 4.74 Å². The van der Waals surface area contributed by atoms with E-state index in [1.165, 1.54) is 0 Å². The molecule has 3 nitrogen and oxygen atoms in total. The van der Waals surface area contributed by atoms with Crippen molar-refractivity contribution < 1.29 is 14.6 Å². The second kappa shape index (κ2) is 5.61. The van der Waals surface area contributed by atoms with Crippen molar-refractivity contribution in [2.24, 2.45) is 5.92 Å². The third-order valence-corrected chi connectivity index (χ3v) is 2.08. The first-order valence-electron chi connectivity index (χ1n) is 5.33. The van der Waals surface area contributed by atoms with Gasteiger partial charge in [0.1, 0.15) is 11.5 Å². The van der Waals surface area contributed by atoms with Crippen molar-refractivity contribution in [3.63, 3.8) is 0 Å². The molecule has 1 aliphatic heterocycles. The van der Waals surface area contributed by atoms with Gasteiger partial charge in [-0.3, -0.25) is 0 Å². The van der Waals surface area contributed by atoms with E-state index in [4.69, 9.17) is 14.6 Å². The molecule has 0 spiro atoms. The normalized spacial score (nSPS) is 23.4. The Labute approximate surface area is 90.6 Å². The Morgan fingerprint density at radius 3 is 2.27 bits per heavy atom. The van der Waals surface area contributed by atoms with Gasteiger partial charge in [0.25, 0.3) is 0 Å².